The van der Waals surface area contributed by atoms with E-state index >= 15 is 0 Å². The second-order valence-electron chi connectivity index (χ2n) is 4.12. The summed E-state index contributed by atoms with van der Waals surface area (Å²) in [5.41, 5.74) is 1.51. The van der Waals surface area contributed by atoms with E-state index in [1.54, 1.807) is 19.2 Å². The van der Waals surface area contributed by atoms with Gasteiger partial charge in [-0.2, -0.15) is 0 Å². The Morgan fingerprint density at radius 3 is 2.55 bits per heavy atom. The molecule has 1 N–H and O–H groups in total. The van der Waals surface area contributed by atoms with E-state index in [0.717, 1.165) is 11.3 Å². The topological polar surface area (TPSA) is 21.3 Å². The minimum Gasteiger partial charge on any atom is -1.00 e. The fraction of sp³-hybridized carbons (Fsp3) is 0.200. The molecule has 0 amide bonds. The Hall–Kier alpha value is -1.29. The largest absolute Gasteiger partial charge is 1.00 e. The molecule has 0 spiro atoms. The summed E-state index contributed by atoms with van der Waals surface area (Å²) >= 11 is 5.97. The summed E-state index contributed by atoms with van der Waals surface area (Å²) in [6.45, 7) is 0.970. The van der Waals surface area contributed by atoms with Crippen molar-refractivity contribution >= 4 is 11.6 Å². The van der Waals surface area contributed by atoms with Crippen LogP contribution in [-0.2, 0) is 13.1 Å². The number of hydrogen-bond donors (Lipinski definition) is 1. The van der Waals surface area contributed by atoms with E-state index in [-0.39, 0.29) is 18.2 Å². The molecule has 0 aliphatic heterocycles. The maximum absolute atomic E-state index is 13.6. The lowest BCUT2D eigenvalue weighted by atomic mass is 10.1. The molecule has 0 aliphatic rings. The van der Waals surface area contributed by atoms with Crippen LogP contribution < -0.4 is 22.5 Å². The van der Waals surface area contributed by atoms with Crippen molar-refractivity contribution in [3.8, 4) is 5.75 Å². The van der Waals surface area contributed by atoms with Gasteiger partial charge in [0.2, 0.25) is 0 Å². The monoisotopic (exact) mass is 314 g/mol. The van der Waals surface area contributed by atoms with Crippen molar-refractivity contribution in [1.82, 2.24) is 5.32 Å². The van der Waals surface area contributed by atoms with Crippen LogP contribution in [0.3, 0.4) is 0 Å². The molecule has 0 atom stereocenters. The van der Waals surface area contributed by atoms with Crippen molar-refractivity contribution < 1.29 is 21.5 Å². The minimum atomic E-state index is -0.292. The van der Waals surface area contributed by atoms with E-state index in [1.165, 1.54) is 6.07 Å². The van der Waals surface area contributed by atoms with Crippen LogP contribution in [0.2, 0.25) is 5.02 Å². The summed E-state index contributed by atoms with van der Waals surface area (Å²) in [4.78, 5) is 0. The van der Waals surface area contributed by atoms with Gasteiger partial charge in [-0.15, -0.1) is 0 Å². The molecule has 108 valence electrons. The average Bonchev–Trinajstić information content (AvgIpc) is 2.42. The average molecular weight is 315 g/mol. The number of ether oxygens (including phenoxy) is 1. The quantitative estimate of drug-likeness (QED) is 0.881. The van der Waals surface area contributed by atoms with Gasteiger partial charge in [0.05, 0.1) is 7.11 Å². The van der Waals surface area contributed by atoms with E-state index in [2.05, 4.69) is 5.32 Å². The first-order valence-corrected chi connectivity index (χ1v) is 6.35. The molecule has 0 saturated heterocycles. The van der Waals surface area contributed by atoms with Crippen molar-refractivity contribution in [1.29, 1.82) is 0 Å². The van der Waals surface area contributed by atoms with Crippen LogP contribution in [0.15, 0.2) is 42.5 Å². The Balaban J connectivity index is 0.00000200. The number of nitrogens with one attached hydrogen (secondary N) is 1. The van der Waals surface area contributed by atoms with Crippen molar-refractivity contribution in [2.75, 3.05) is 7.11 Å². The van der Waals surface area contributed by atoms with Crippen LogP contribution in [0.4, 0.5) is 4.39 Å². The number of halogens is 3. The lowest BCUT2D eigenvalue weighted by molar-refractivity contribution is -0.00000465. The smallest absolute Gasteiger partial charge is 0.129 e. The highest BCUT2D eigenvalue weighted by Gasteiger charge is 2.07. The van der Waals surface area contributed by atoms with Gasteiger partial charge in [-0.1, -0.05) is 35.9 Å². The van der Waals surface area contributed by atoms with Gasteiger partial charge in [0.1, 0.15) is 11.6 Å². The molecule has 2 aromatic rings. The van der Waals surface area contributed by atoms with E-state index in [0.29, 0.717) is 23.7 Å². The van der Waals surface area contributed by atoms with Gasteiger partial charge in [0.15, 0.2) is 0 Å². The zero-order valence-electron chi connectivity index (χ0n) is 11.0. The predicted octanol–water partition coefficient (Wildman–Crippen LogP) is 0.782. The standard InChI is InChI=1S/C15H15ClFNO.ClH/c1-19-15-8-3-2-5-11(15)9-18-10-12-13(16)6-4-7-14(12)17;/h2-8,18H,9-10H2,1H3;1H/p-1. The van der Waals surface area contributed by atoms with Crippen molar-refractivity contribution in [2.45, 2.75) is 13.1 Å². The first-order chi connectivity index (χ1) is 9.22. The van der Waals surface area contributed by atoms with E-state index in [4.69, 9.17) is 16.3 Å². The Bertz CT molecular complexity index is 543. The van der Waals surface area contributed by atoms with Crippen molar-refractivity contribution in [3.05, 3.63) is 64.4 Å². The van der Waals surface area contributed by atoms with Gasteiger partial charge in [-0.25, -0.2) is 4.39 Å². The zero-order chi connectivity index (χ0) is 13.7. The van der Waals surface area contributed by atoms with Crippen LogP contribution in [0.25, 0.3) is 0 Å². The first kappa shape index (κ1) is 16.8. The molecule has 2 nitrogen and oxygen atoms in total. The summed E-state index contributed by atoms with van der Waals surface area (Å²) < 4.78 is 18.8. The molecule has 0 unspecified atom stereocenters. The number of benzene rings is 2. The Kier molecular flexibility index (Phi) is 6.79. The molecule has 0 radical (unpaired) electrons. The van der Waals surface area contributed by atoms with Crippen molar-refractivity contribution in [3.63, 3.8) is 0 Å². The van der Waals surface area contributed by atoms with Gasteiger partial charge in [0, 0.05) is 29.2 Å². The third-order valence-electron chi connectivity index (χ3n) is 2.87. The number of para-hydroxylation sites is 1. The van der Waals surface area contributed by atoms with Crippen LogP contribution in [-0.4, -0.2) is 7.11 Å². The molecule has 0 saturated carbocycles. The van der Waals surface area contributed by atoms with Crippen molar-refractivity contribution in [2.24, 2.45) is 0 Å². The maximum atomic E-state index is 13.6. The van der Waals surface area contributed by atoms with Gasteiger partial charge < -0.3 is 22.5 Å². The molecule has 0 heterocycles. The molecule has 20 heavy (non-hydrogen) atoms. The lowest BCUT2D eigenvalue weighted by Crippen LogP contribution is -3.00. The third-order valence-corrected chi connectivity index (χ3v) is 3.23. The minimum absolute atomic E-state index is 0. The second kappa shape index (κ2) is 8.10. The van der Waals surface area contributed by atoms with Gasteiger partial charge in [-0.05, 0) is 18.2 Å². The number of hydrogen-bond acceptors (Lipinski definition) is 2. The molecule has 0 aromatic heterocycles. The Morgan fingerprint density at radius 1 is 1.10 bits per heavy atom. The molecule has 0 bridgehead atoms. The van der Waals surface area contributed by atoms with Gasteiger partial charge in [0.25, 0.3) is 0 Å². The third kappa shape index (κ3) is 4.10. The Labute approximate surface area is 129 Å². The molecule has 0 fully saturated rings. The summed E-state index contributed by atoms with van der Waals surface area (Å²) in [6, 6.07) is 12.4. The Morgan fingerprint density at radius 2 is 1.85 bits per heavy atom. The number of rotatable bonds is 5. The van der Waals surface area contributed by atoms with Gasteiger partial charge >= 0.3 is 0 Å². The van der Waals surface area contributed by atoms with Crippen LogP contribution in [0, 0.1) is 5.82 Å². The summed E-state index contributed by atoms with van der Waals surface area (Å²) in [5.74, 6) is 0.523. The maximum Gasteiger partial charge on any atom is 0.129 e. The van der Waals surface area contributed by atoms with E-state index in [9.17, 15) is 4.39 Å². The lowest BCUT2D eigenvalue weighted by Gasteiger charge is -2.10. The SMILES string of the molecule is COc1ccccc1CNCc1c(F)cccc1Cl.[Cl-]. The fourth-order valence-corrected chi connectivity index (χ4v) is 2.10. The molecule has 0 aliphatic carbocycles. The first-order valence-electron chi connectivity index (χ1n) is 5.98. The summed E-state index contributed by atoms with van der Waals surface area (Å²) in [7, 11) is 1.63. The molecule has 2 aromatic carbocycles. The molecule has 2 rings (SSSR count). The molecular formula is C15H15Cl2FNO-. The van der Waals surface area contributed by atoms with E-state index < -0.39 is 0 Å². The molecule has 5 heteroatoms. The predicted molar refractivity (Wildman–Crippen MR) is 74.9 cm³/mol. The highest BCUT2D eigenvalue weighted by atomic mass is 35.5. The summed E-state index contributed by atoms with van der Waals surface area (Å²) in [6.07, 6.45) is 0. The van der Waals surface area contributed by atoms with Gasteiger partial charge in [-0.3, -0.25) is 0 Å². The normalized spacial score (nSPS) is 9.95. The van der Waals surface area contributed by atoms with Crippen LogP contribution in [0.1, 0.15) is 11.1 Å². The van der Waals surface area contributed by atoms with E-state index in [1.807, 2.05) is 24.3 Å². The molecular weight excluding hydrogens is 300 g/mol. The second-order valence-corrected chi connectivity index (χ2v) is 4.52. The zero-order valence-corrected chi connectivity index (χ0v) is 12.5. The number of methoxy groups -OCH3 is 1. The fourth-order valence-electron chi connectivity index (χ4n) is 1.87. The highest BCUT2D eigenvalue weighted by molar-refractivity contribution is 6.31. The van der Waals surface area contributed by atoms with Crippen LogP contribution >= 0.6 is 11.6 Å². The highest BCUT2D eigenvalue weighted by Crippen LogP contribution is 2.20. The van der Waals surface area contributed by atoms with Crippen LogP contribution in [0.5, 0.6) is 5.75 Å². The summed E-state index contributed by atoms with van der Waals surface area (Å²) in [5, 5.41) is 3.61.